The summed E-state index contributed by atoms with van der Waals surface area (Å²) < 4.78 is 5.10. The van der Waals surface area contributed by atoms with E-state index >= 15 is 0 Å². The van der Waals surface area contributed by atoms with Gasteiger partial charge in [-0.3, -0.25) is 0 Å². The first-order valence-electron chi connectivity index (χ1n) is 6.30. The first kappa shape index (κ1) is 12.1. The van der Waals surface area contributed by atoms with Crippen LogP contribution in [0, 0.1) is 11.8 Å². The molecule has 4 heteroatoms. The van der Waals surface area contributed by atoms with Crippen molar-refractivity contribution in [2.75, 3.05) is 12.4 Å². The minimum absolute atomic E-state index is 0.522. The smallest absolute Gasteiger partial charge is 0.218 e. The fourth-order valence-corrected chi connectivity index (χ4v) is 2.80. The van der Waals surface area contributed by atoms with Crippen LogP contribution in [0.5, 0.6) is 5.88 Å². The second-order valence-electron chi connectivity index (χ2n) is 5.20. The molecule has 1 aliphatic carbocycles. The molecule has 2 atom stereocenters. The number of hydrogen-bond donors (Lipinski definition) is 1. The summed E-state index contributed by atoms with van der Waals surface area (Å²) in [6.45, 7) is 4.65. The van der Waals surface area contributed by atoms with Crippen LogP contribution in [0.4, 0.5) is 5.82 Å². The summed E-state index contributed by atoms with van der Waals surface area (Å²) in [7, 11) is 1.62. The quantitative estimate of drug-likeness (QED) is 0.875. The van der Waals surface area contributed by atoms with E-state index < -0.39 is 0 Å². The molecule has 1 aromatic rings. The lowest BCUT2D eigenvalue weighted by molar-refractivity contribution is 0.280. The first-order valence-corrected chi connectivity index (χ1v) is 6.30. The van der Waals surface area contributed by atoms with Gasteiger partial charge in [0.25, 0.3) is 0 Å². The van der Waals surface area contributed by atoms with Crippen LogP contribution in [0.2, 0.25) is 0 Å². The molecule has 0 saturated heterocycles. The highest BCUT2D eigenvalue weighted by molar-refractivity contribution is 5.38. The lowest BCUT2D eigenvalue weighted by Crippen LogP contribution is -2.30. The highest BCUT2D eigenvalue weighted by Gasteiger charge is 2.23. The van der Waals surface area contributed by atoms with Crippen molar-refractivity contribution in [2.24, 2.45) is 11.8 Å². The van der Waals surface area contributed by atoms with Crippen molar-refractivity contribution >= 4 is 5.82 Å². The maximum absolute atomic E-state index is 5.10. The van der Waals surface area contributed by atoms with Gasteiger partial charge in [-0.15, -0.1) is 0 Å². The van der Waals surface area contributed by atoms with E-state index in [1.54, 1.807) is 7.11 Å². The number of rotatable bonds is 3. The van der Waals surface area contributed by atoms with Gasteiger partial charge in [0.15, 0.2) is 0 Å². The number of nitrogens with one attached hydrogen (secondary N) is 1. The monoisotopic (exact) mass is 235 g/mol. The molecule has 1 aromatic heterocycles. The van der Waals surface area contributed by atoms with E-state index in [-0.39, 0.29) is 0 Å². The largest absolute Gasteiger partial charge is 0.481 e. The summed E-state index contributed by atoms with van der Waals surface area (Å²) in [5, 5.41) is 3.49. The van der Waals surface area contributed by atoms with Gasteiger partial charge in [0, 0.05) is 12.1 Å². The van der Waals surface area contributed by atoms with Gasteiger partial charge < -0.3 is 10.1 Å². The van der Waals surface area contributed by atoms with Crippen molar-refractivity contribution in [1.29, 1.82) is 0 Å². The molecule has 1 heterocycles. The van der Waals surface area contributed by atoms with Crippen molar-refractivity contribution in [3.8, 4) is 5.88 Å². The van der Waals surface area contributed by atoms with Crippen molar-refractivity contribution in [1.82, 2.24) is 9.97 Å². The summed E-state index contributed by atoms with van der Waals surface area (Å²) in [6.07, 6.45) is 5.31. The Kier molecular flexibility index (Phi) is 3.82. The van der Waals surface area contributed by atoms with E-state index in [9.17, 15) is 0 Å². The van der Waals surface area contributed by atoms with Gasteiger partial charge in [-0.2, -0.15) is 0 Å². The molecule has 0 radical (unpaired) electrons. The molecule has 2 rings (SSSR count). The standard InChI is InChI=1S/C13H21N3O/c1-9-4-10(2)6-11(5-9)16-12-7-13(17-3)15-8-14-12/h7-11H,4-6H2,1-3H3,(H,14,15,16). The fourth-order valence-electron chi connectivity index (χ4n) is 2.80. The molecule has 0 aliphatic heterocycles. The lowest BCUT2D eigenvalue weighted by Gasteiger charge is -2.32. The van der Waals surface area contributed by atoms with Crippen LogP contribution < -0.4 is 10.1 Å². The van der Waals surface area contributed by atoms with Gasteiger partial charge in [-0.1, -0.05) is 13.8 Å². The number of methoxy groups -OCH3 is 1. The molecule has 1 saturated carbocycles. The zero-order valence-corrected chi connectivity index (χ0v) is 10.8. The van der Waals surface area contributed by atoms with E-state index in [0.29, 0.717) is 11.9 Å². The molecular weight excluding hydrogens is 214 g/mol. The van der Waals surface area contributed by atoms with Crippen LogP contribution in [-0.2, 0) is 0 Å². The van der Waals surface area contributed by atoms with Crippen molar-refractivity contribution < 1.29 is 4.74 Å². The molecule has 17 heavy (non-hydrogen) atoms. The lowest BCUT2D eigenvalue weighted by atomic mass is 9.80. The second kappa shape index (κ2) is 5.34. The Morgan fingerprint density at radius 3 is 2.53 bits per heavy atom. The zero-order chi connectivity index (χ0) is 12.3. The van der Waals surface area contributed by atoms with Crippen LogP contribution in [0.25, 0.3) is 0 Å². The Morgan fingerprint density at radius 1 is 1.18 bits per heavy atom. The molecule has 1 fully saturated rings. The summed E-state index contributed by atoms with van der Waals surface area (Å²) in [5.74, 6) is 3.06. The van der Waals surface area contributed by atoms with E-state index in [1.165, 1.54) is 25.6 Å². The molecule has 2 unspecified atom stereocenters. The third-order valence-corrected chi connectivity index (χ3v) is 3.38. The molecule has 0 spiro atoms. The van der Waals surface area contributed by atoms with Crippen molar-refractivity contribution in [3.63, 3.8) is 0 Å². The van der Waals surface area contributed by atoms with Crippen LogP contribution in [0.1, 0.15) is 33.1 Å². The summed E-state index contributed by atoms with van der Waals surface area (Å²) >= 11 is 0. The van der Waals surface area contributed by atoms with Gasteiger partial charge in [0.1, 0.15) is 12.1 Å². The normalized spacial score (nSPS) is 28.8. The number of hydrogen-bond acceptors (Lipinski definition) is 4. The minimum atomic E-state index is 0.522. The molecule has 4 nitrogen and oxygen atoms in total. The number of ether oxygens (including phenoxy) is 1. The van der Waals surface area contributed by atoms with Gasteiger partial charge in [-0.05, 0) is 31.1 Å². The number of nitrogens with zero attached hydrogens (tertiary/aromatic N) is 2. The molecule has 1 aliphatic rings. The highest BCUT2D eigenvalue weighted by Crippen LogP contribution is 2.30. The van der Waals surface area contributed by atoms with Crippen LogP contribution in [0.15, 0.2) is 12.4 Å². The third-order valence-electron chi connectivity index (χ3n) is 3.38. The van der Waals surface area contributed by atoms with Crippen LogP contribution >= 0.6 is 0 Å². The Hall–Kier alpha value is -1.32. The first-order chi connectivity index (χ1) is 8.17. The highest BCUT2D eigenvalue weighted by atomic mass is 16.5. The van der Waals surface area contributed by atoms with Gasteiger partial charge in [0.2, 0.25) is 5.88 Å². The second-order valence-corrected chi connectivity index (χ2v) is 5.20. The molecule has 0 aromatic carbocycles. The zero-order valence-electron chi connectivity index (χ0n) is 10.8. The van der Waals surface area contributed by atoms with Gasteiger partial charge >= 0.3 is 0 Å². The van der Waals surface area contributed by atoms with E-state index in [0.717, 1.165) is 17.7 Å². The predicted octanol–water partition coefficient (Wildman–Crippen LogP) is 2.72. The summed E-state index contributed by atoms with van der Waals surface area (Å²) in [5.41, 5.74) is 0. The molecule has 0 bridgehead atoms. The maximum atomic E-state index is 5.10. The number of anilines is 1. The molecular formula is C13H21N3O. The third kappa shape index (κ3) is 3.32. The Bertz CT molecular complexity index is 359. The average molecular weight is 235 g/mol. The van der Waals surface area contributed by atoms with Gasteiger partial charge in [0.05, 0.1) is 7.11 Å². The fraction of sp³-hybridized carbons (Fsp3) is 0.692. The SMILES string of the molecule is COc1cc(NC2CC(C)CC(C)C2)ncn1. The van der Waals surface area contributed by atoms with Crippen LogP contribution in [0.3, 0.4) is 0 Å². The average Bonchev–Trinajstić information content (AvgIpc) is 2.28. The Labute approximate surface area is 103 Å². The van der Waals surface area contributed by atoms with E-state index in [2.05, 4.69) is 29.1 Å². The Morgan fingerprint density at radius 2 is 1.88 bits per heavy atom. The Balaban J connectivity index is 1.99. The predicted molar refractivity (Wildman–Crippen MR) is 68.2 cm³/mol. The number of aromatic nitrogens is 2. The van der Waals surface area contributed by atoms with E-state index in [1.807, 2.05) is 6.07 Å². The van der Waals surface area contributed by atoms with Crippen molar-refractivity contribution in [2.45, 2.75) is 39.2 Å². The minimum Gasteiger partial charge on any atom is -0.481 e. The topological polar surface area (TPSA) is 47.0 Å². The summed E-state index contributed by atoms with van der Waals surface area (Å²) in [4.78, 5) is 8.24. The van der Waals surface area contributed by atoms with E-state index in [4.69, 9.17) is 4.74 Å². The van der Waals surface area contributed by atoms with Crippen molar-refractivity contribution in [3.05, 3.63) is 12.4 Å². The van der Waals surface area contributed by atoms with Crippen LogP contribution in [-0.4, -0.2) is 23.1 Å². The molecule has 1 N–H and O–H groups in total. The summed E-state index contributed by atoms with van der Waals surface area (Å²) in [6, 6.07) is 2.37. The maximum Gasteiger partial charge on any atom is 0.218 e. The molecule has 94 valence electrons. The van der Waals surface area contributed by atoms with Gasteiger partial charge in [-0.25, -0.2) is 9.97 Å². The molecule has 0 amide bonds.